The smallest absolute Gasteiger partial charge is 0.412 e. The lowest BCUT2D eigenvalue weighted by Gasteiger charge is -2.02. The summed E-state index contributed by atoms with van der Waals surface area (Å²) >= 11 is 15.8. The summed E-state index contributed by atoms with van der Waals surface area (Å²) in [5, 5.41) is 1.95. The molecule has 0 heterocycles. The minimum atomic E-state index is -0.684. The van der Waals surface area contributed by atoms with Gasteiger partial charge >= 0.3 is 6.09 Å². The van der Waals surface area contributed by atoms with Crippen LogP contribution in [0.25, 0.3) is 0 Å². The minimum absolute atomic E-state index is 0.146. The zero-order chi connectivity index (χ0) is 8.85. The number of rotatable bonds is 2. The van der Waals surface area contributed by atoms with Gasteiger partial charge in [-0.2, -0.15) is 0 Å². The number of carbonyl (C=O) groups excluding carboxylic acids is 1. The molecular formula is C5H6Cl3NO2. The first-order chi connectivity index (χ1) is 5.07. The van der Waals surface area contributed by atoms with Crippen LogP contribution >= 0.6 is 34.8 Å². The molecule has 0 aromatic heterocycles. The highest BCUT2D eigenvalue weighted by molar-refractivity contribution is 6.59. The Morgan fingerprint density at radius 2 is 2.00 bits per heavy atom. The van der Waals surface area contributed by atoms with Crippen molar-refractivity contribution in [3.05, 3.63) is 9.65 Å². The molecule has 0 aliphatic carbocycles. The van der Waals surface area contributed by atoms with Crippen molar-refractivity contribution in [1.82, 2.24) is 5.32 Å². The molecule has 64 valence electrons. The molecule has 0 spiro atoms. The first-order valence-corrected chi connectivity index (χ1v) is 3.85. The fraction of sp³-hybridized carbons (Fsp3) is 0.400. The van der Waals surface area contributed by atoms with E-state index in [-0.39, 0.29) is 16.3 Å². The van der Waals surface area contributed by atoms with Gasteiger partial charge in [0.05, 0.1) is 6.61 Å². The standard InChI is InChI=1S/C5H6Cl3NO2/c1-2-11-5(10)9-4(8)3(6)7/h2H2,1H3,(H,9,10). The molecule has 0 radical (unpaired) electrons. The van der Waals surface area contributed by atoms with E-state index in [1.165, 1.54) is 0 Å². The number of ether oxygens (including phenoxy) is 1. The maximum Gasteiger partial charge on any atom is 0.412 e. The molecule has 0 aromatic rings. The van der Waals surface area contributed by atoms with Gasteiger partial charge in [-0.3, -0.25) is 5.32 Å². The zero-order valence-electron chi connectivity index (χ0n) is 5.66. The van der Waals surface area contributed by atoms with Gasteiger partial charge in [0.25, 0.3) is 0 Å². The van der Waals surface area contributed by atoms with Gasteiger partial charge in [-0.05, 0) is 6.92 Å². The second-order valence-electron chi connectivity index (χ2n) is 1.42. The predicted molar refractivity (Wildman–Crippen MR) is 44.7 cm³/mol. The van der Waals surface area contributed by atoms with E-state index in [1.54, 1.807) is 6.92 Å². The van der Waals surface area contributed by atoms with Crippen LogP contribution in [-0.4, -0.2) is 12.7 Å². The van der Waals surface area contributed by atoms with Crippen molar-refractivity contribution in [3.8, 4) is 0 Å². The predicted octanol–water partition coefficient (Wildman–Crippen LogP) is 2.58. The van der Waals surface area contributed by atoms with Gasteiger partial charge in [-0.15, -0.1) is 0 Å². The summed E-state index contributed by atoms with van der Waals surface area (Å²) in [5.74, 6) is 0. The Hall–Kier alpha value is -0.120. The van der Waals surface area contributed by atoms with Crippen molar-refractivity contribution < 1.29 is 9.53 Å². The molecular weight excluding hydrogens is 212 g/mol. The number of amides is 1. The van der Waals surface area contributed by atoms with Gasteiger partial charge in [0, 0.05) is 0 Å². The van der Waals surface area contributed by atoms with Crippen LogP contribution in [0.5, 0.6) is 0 Å². The van der Waals surface area contributed by atoms with Crippen LogP contribution in [0.2, 0.25) is 0 Å². The highest BCUT2D eigenvalue weighted by Crippen LogP contribution is 2.14. The fourth-order valence-corrected chi connectivity index (χ4v) is 0.476. The summed E-state index contributed by atoms with van der Waals surface area (Å²) in [6.07, 6.45) is -0.684. The van der Waals surface area contributed by atoms with Crippen LogP contribution in [0, 0.1) is 0 Å². The summed E-state index contributed by atoms with van der Waals surface area (Å²) in [6, 6.07) is 0. The van der Waals surface area contributed by atoms with Gasteiger partial charge in [0.1, 0.15) is 9.65 Å². The highest BCUT2D eigenvalue weighted by Gasteiger charge is 2.04. The molecule has 0 atom stereocenters. The molecule has 0 saturated heterocycles. The number of halogens is 3. The van der Waals surface area contributed by atoms with Gasteiger partial charge in [-0.25, -0.2) is 4.79 Å². The van der Waals surface area contributed by atoms with Crippen LogP contribution in [0.4, 0.5) is 4.79 Å². The van der Waals surface area contributed by atoms with Gasteiger partial charge < -0.3 is 4.74 Å². The van der Waals surface area contributed by atoms with E-state index < -0.39 is 6.09 Å². The molecule has 0 fully saturated rings. The van der Waals surface area contributed by atoms with Gasteiger partial charge in [0.2, 0.25) is 0 Å². The molecule has 11 heavy (non-hydrogen) atoms. The Morgan fingerprint density at radius 1 is 1.45 bits per heavy atom. The molecule has 3 nitrogen and oxygen atoms in total. The number of hydrogen-bond acceptors (Lipinski definition) is 2. The van der Waals surface area contributed by atoms with Crippen LogP contribution in [0.1, 0.15) is 6.92 Å². The zero-order valence-corrected chi connectivity index (χ0v) is 7.93. The molecule has 0 aromatic carbocycles. The second-order valence-corrected chi connectivity index (χ2v) is 2.75. The Kier molecular flexibility index (Phi) is 5.46. The number of hydrogen-bond donors (Lipinski definition) is 1. The summed E-state index contributed by atoms with van der Waals surface area (Å²) in [4.78, 5) is 10.6. The maximum absolute atomic E-state index is 10.6. The number of carbonyl (C=O) groups is 1. The summed E-state index contributed by atoms with van der Waals surface area (Å²) in [5.41, 5.74) is 0. The highest BCUT2D eigenvalue weighted by atomic mass is 35.5. The van der Waals surface area contributed by atoms with E-state index in [0.29, 0.717) is 0 Å². The summed E-state index contributed by atoms with van der Waals surface area (Å²) < 4.78 is 4.27. The largest absolute Gasteiger partial charge is 0.450 e. The monoisotopic (exact) mass is 217 g/mol. The minimum Gasteiger partial charge on any atom is -0.450 e. The van der Waals surface area contributed by atoms with Gasteiger partial charge in [-0.1, -0.05) is 34.8 Å². The molecule has 1 amide bonds. The van der Waals surface area contributed by atoms with Crippen molar-refractivity contribution in [2.24, 2.45) is 0 Å². The lowest BCUT2D eigenvalue weighted by Crippen LogP contribution is -2.21. The lowest BCUT2D eigenvalue weighted by molar-refractivity contribution is 0.156. The summed E-state index contributed by atoms with van der Waals surface area (Å²) in [6.45, 7) is 1.93. The fourth-order valence-electron chi connectivity index (χ4n) is 0.304. The van der Waals surface area contributed by atoms with E-state index in [2.05, 4.69) is 10.1 Å². The normalized spacial score (nSPS) is 8.73. The Labute approximate surface area is 79.2 Å². The average Bonchev–Trinajstić information content (AvgIpc) is 1.87. The topological polar surface area (TPSA) is 38.3 Å². The molecule has 0 bridgehead atoms. The van der Waals surface area contributed by atoms with Gasteiger partial charge in [0.15, 0.2) is 0 Å². The first-order valence-electron chi connectivity index (χ1n) is 2.72. The Balaban J connectivity index is 3.86. The van der Waals surface area contributed by atoms with Crippen LogP contribution in [0.3, 0.4) is 0 Å². The number of alkyl carbamates (subject to hydrolysis) is 1. The quantitative estimate of drug-likeness (QED) is 0.724. The van der Waals surface area contributed by atoms with Crippen molar-refractivity contribution in [1.29, 1.82) is 0 Å². The first kappa shape index (κ1) is 10.9. The summed E-state index contributed by atoms with van der Waals surface area (Å²) in [7, 11) is 0. The molecule has 0 aliphatic heterocycles. The molecule has 0 unspecified atom stereocenters. The van der Waals surface area contributed by atoms with Crippen molar-refractivity contribution in [2.45, 2.75) is 6.92 Å². The lowest BCUT2D eigenvalue weighted by atomic mass is 10.8. The molecule has 0 rings (SSSR count). The molecule has 0 saturated carbocycles. The Morgan fingerprint density at radius 3 is 2.36 bits per heavy atom. The van der Waals surface area contributed by atoms with E-state index in [9.17, 15) is 4.79 Å². The maximum atomic E-state index is 10.6. The van der Waals surface area contributed by atoms with E-state index in [1.807, 2.05) is 0 Å². The second kappa shape index (κ2) is 5.52. The average molecular weight is 218 g/mol. The molecule has 6 heteroatoms. The van der Waals surface area contributed by atoms with E-state index in [4.69, 9.17) is 34.8 Å². The molecule has 1 N–H and O–H groups in total. The third kappa shape index (κ3) is 5.18. The van der Waals surface area contributed by atoms with E-state index in [0.717, 1.165) is 0 Å². The van der Waals surface area contributed by atoms with Crippen molar-refractivity contribution >= 4 is 40.9 Å². The number of nitrogens with one attached hydrogen (secondary N) is 1. The van der Waals surface area contributed by atoms with E-state index >= 15 is 0 Å². The van der Waals surface area contributed by atoms with Crippen LogP contribution < -0.4 is 5.32 Å². The Bertz CT molecular complexity index is 177. The van der Waals surface area contributed by atoms with Crippen LogP contribution in [0.15, 0.2) is 9.65 Å². The third-order valence-corrected chi connectivity index (χ3v) is 1.51. The van der Waals surface area contributed by atoms with Crippen molar-refractivity contribution in [2.75, 3.05) is 6.61 Å². The van der Waals surface area contributed by atoms with Crippen LogP contribution in [-0.2, 0) is 4.74 Å². The van der Waals surface area contributed by atoms with Crippen molar-refractivity contribution in [3.63, 3.8) is 0 Å². The SMILES string of the molecule is CCOC(=O)NC(Cl)=C(Cl)Cl. The molecule has 0 aliphatic rings. The third-order valence-electron chi connectivity index (χ3n) is 0.653.